The molecule has 0 aliphatic carbocycles. The maximum atomic E-state index is 12.1. The molecule has 21 heavy (non-hydrogen) atoms. The molecule has 0 saturated heterocycles. The van der Waals surface area contributed by atoms with E-state index in [9.17, 15) is 8.42 Å². The van der Waals surface area contributed by atoms with Crippen LogP contribution in [0.1, 0.15) is 0 Å². The Labute approximate surface area is 128 Å². The fourth-order valence-electron chi connectivity index (χ4n) is 1.63. The van der Waals surface area contributed by atoms with E-state index in [1.807, 2.05) is 0 Å². The lowest BCUT2D eigenvalue weighted by Crippen LogP contribution is -2.22. The largest absolute Gasteiger partial charge is 0.455 e. The number of hydrogen-bond donors (Lipinski definition) is 1. The zero-order valence-electron chi connectivity index (χ0n) is 11.6. The number of anilines is 1. The third-order valence-corrected chi connectivity index (χ3v) is 4.83. The first-order chi connectivity index (χ1) is 9.80. The van der Waals surface area contributed by atoms with Crippen LogP contribution in [0.15, 0.2) is 47.4 Å². The summed E-state index contributed by atoms with van der Waals surface area (Å²) in [6.45, 7) is 0. The van der Waals surface area contributed by atoms with Crippen LogP contribution in [0.5, 0.6) is 11.5 Å². The number of nitrogen functional groups attached to an aromatic ring is 1. The Morgan fingerprint density at radius 1 is 1.14 bits per heavy atom. The zero-order valence-corrected chi connectivity index (χ0v) is 13.1. The number of rotatable bonds is 4. The highest BCUT2D eigenvalue weighted by atomic mass is 35.5. The monoisotopic (exact) mass is 326 g/mol. The lowest BCUT2D eigenvalue weighted by Gasteiger charge is -2.14. The molecule has 5 nitrogen and oxygen atoms in total. The van der Waals surface area contributed by atoms with E-state index in [4.69, 9.17) is 22.1 Å². The number of halogens is 1. The van der Waals surface area contributed by atoms with Gasteiger partial charge in [0.2, 0.25) is 10.0 Å². The molecular formula is C14H15ClN2O3S. The molecule has 0 spiro atoms. The molecule has 0 unspecified atom stereocenters. The van der Waals surface area contributed by atoms with Gasteiger partial charge in [-0.25, -0.2) is 12.7 Å². The van der Waals surface area contributed by atoms with Crippen LogP contribution in [0.4, 0.5) is 5.69 Å². The van der Waals surface area contributed by atoms with Crippen LogP contribution in [0.2, 0.25) is 5.02 Å². The maximum Gasteiger partial charge on any atom is 0.242 e. The molecule has 2 aromatic carbocycles. The normalized spacial score (nSPS) is 11.6. The van der Waals surface area contributed by atoms with Crippen LogP contribution in [-0.2, 0) is 10.0 Å². The number of nitrogens with zero attached hydrogens (tertiary/aromatic N) is 1. The average Bonchev–Trinajstić information content (AvgIpc) is 2.41. The summed E-state index contributed by atoms with van der Waals surface area (Å²) in [5, 5.41) is 0.517. The molecule has 0 amide bonds. The minimum absolute atomic E-state index is 0.110. The number of hydrogen-bond acceptors (Lipinski definition) is 4. The summed E-state index contributed by atoms with van der Waals surface area (Å²) in [5.41, 5.74) is 6.17. The summed E-state index contributed by atoms with van der Waals surface area (Å²) in [6.07, 6.45) is 0. The van der Waals surface area contributed by atoms with Gasteiger partial charge in [-0.15, -0.1) is 0 Å². The molecule has 112 valence electrons. The summed E-state index contributed by atoms with van der Waals surface area (Å²) < 4.78 is 31.0. The van der Waals surface area contributed by atoms with E-state index in [0.717, 1.165) is 4.31 Å². The van der Waals surface area contributed by atoms with Gasteiger partial charge < -0.3 is 10.5 Å². The Kier molecular flexibility index (Phi) is 4.41. The van der Waals surface area contributed by atoms with Crippen LogP contribution < -0.4 is 10.5 Å². The molecule has 0 heterocycles. The fraction of sp³-hybridized carbons (Fsp3) is 0.143. The third kappa shape index (κ3) is 3.47. The fourth-order valence-corrected chi connectivity index (χ4v) is 2.73. The molecule has 0 radical (unpaired) electrons. The first-order valence-electron chi connectivity index (χ1n) is 6.06. The molecule has 2 aromatic rings. The van der Waals surface area contributed by atoms with Crippen molar-refractivity contribution in [3.05, 3.63) is 47.5 Å². The second-order valence-electron chi connectivity index (χ2n) is 4.55. The quantitative estimate of drug-likeness (QED) is 0.877. The van der Waals surface area contributed by atoms with Crippen molar-refractivity contribution in [2.24, 2.45) is 0 Å². The Bertz CT molecular complexity index is 761. The van der Waals surface area contributed by atoms with E-state index in [2.05, 4.69) is 0 Å². The maximum absolute atomic E-state index is 12.1. The second kappa shape index (κ2) is 5.93. The third-order valence-electron chi connectivity index (χ3n) is 2.79. The first kappa shape index (κ1) is 15.6. The lowest BCUT2D eigenvalue weighted by atomic mass is 10.3. The Hall–Kier alpha value is -1.76. The summed E-state index contributed by atoms with van der Waals surface area (Å²) >= 11 is 5.88. The minimum atomic E-state index is -3.54. The molecule has 0 bridgehead atoms. The summed E-state index contributed by atoms with van der Waals surface area (Å²) in [6, 6.07) is 11.1. The second-order valence-corrected chi connectivity index (χ2v) is 7.13. The molecule has 0 aliphatic rings. The van der Waals surface area contributed by atoms with E-state index >= 15 is 0 Å². The van der Waals surface area contributed by atoms with Crippen LogP contribution in [0, 0.1) is 0 Å². The van der Waals surface area contributed by atoms with Gasteiger partial charge in [-0.2, -0.15) is 0 Å². The predicted molar refractivity (Wildman–Crippen MR) is 83.3 cm³/mol. The van der Waals surface area contributed by atoms with E-state index in [1.165, 1.54) is 32.3 Å². The van der Waals surface area contributed by atoms with Gasteiger partial charge in [-0.1, -0.05) is 17.7 Å². The summed E-state index contributed by atoms with van der Waals surface area (Å²) in [5.74, 6) is 0.744. The SMILES string of the molecule is CN(C)S(=O)(=O)c1ccc(N)c(Oc2cccc(Cl)c2)c1. The van der Waals surface area contributed by atoms with Crippen molar-refractivity contribution in [1.82, 2.24) is 4.31 Å². The Morgan fingerprint density at radius 3 is 2.48 bits per heavy atom. The Balaban J connectivity index is 2.41. The van der Waals surface area contributed by atoms with E-state index in [1.54, 1.807) is 24.3 Å². The molecule has 0 aromatic heterocycles. The van der Waals surface area contributed by atoms with Crippen molar-refractivity contribution >= 4 is 27.3 Å². The zero-order chi connectivity index (χ0) is 15.6. The molecule has 2 N–H and O–H groups in total. The highest BCUT2D eigenvalue weighted by Crippen LogP contribution is 2.31. The summed E-state index contributed by atoms with van der Waals surface area (Å²) in [4.78, 5) is 0.110. The first-order valence-corrected chi connectivity index (χ1v) is 7.88. The van der Waals surface area contributed by atoms with Gasteiger partial charge in [-0.3, -0.25) is 0 Å². The van der Waals surface area contributed by atoms with Crippen molar-refractivity contribution in [3.63, 3.8) is 0 Å². The van der Waals surface area contributed by atoms with Crippen LogP contribution in [-0.4, -0.2) is 26.8 Å². The van der Waals surface area contributed by atoms with Crippen LogP contribution in [0.25, 0.3) is 0 Å². The number of benzene rings is 2. The van der Waals surface area contributed by atoms with Gasteiger partial charge in [0, 0.05) is 25.2 Å². The van der Waals surface area contributed by atoms with E-state index < -0.39 is 10.0 Å². The van der Waals surface area contributed by atoms with Crippen molar-refractivity contribution in [3.8, 4) is 11.5 Å². The highest BCUT2D eigenvalue weighted by molar-refractivity contribution is 7.89. The van der Waals surface area contributed by atoms with Gasteiger partial charge in [0.05, 0.1) is 10.6 Å². The standard InChI is InChI=1S/C14H15ClN2O3S/c1-17(2)21(18,19)12-6-7-13(16)14(9-12)20-11-5-3-4-10(15)8-11/h3-9H,16H2,1-2H3. The number of ether oxygens (including phenoxy) is 1. The molecule has 0 atom stereocenters. The Morgan fingerprint density at radius 2 is 1.86 bits per heavy atom. The van der Waals surface area contributed by atoms with Crippen molar-refractivity contribution in [2.45, 2.75) is 4.90 Å². The van der Waals surface area contributed by atoms with Crippen molar-refractivity contribution in [2.75, 3.05) is 19.8 Å². The molecule has 0 saturated carbocycles. The molecule has 0 fully saturated rings. The van der Waals surface area contributed by atoms with Gasteiger partial charge in [0.15, 0.2) is 5.75 Å². The van der Waals surface area contributed by atoms with Crippen molar-refractivity contribution < 1.29 is 13.2 Å². The topological polar surface area (TPSA) is 72.6 Å². The molecule has 7 heteroatoms. The molecule has 0 aliphatic heterocycles. The van der Waals surface area contributed by atoms with Gasteiger partial charge in [-0.05, 0) is 30.3 Å². The predicted octanol–water partition coefficient (Wildman–Crippen LogP) is 2.96. The average molecular weight is 327 g/mol. The lowest BCUT2D eigenvalue weighted by molar-refractivity contribution is 0.481. The van der Waals surface area contributed by atoms with Crippen LogP contribution >= 0.6 is 11.6 Å². The molecule has 2 rings (SSSR count). The van der Waals surface area contributed by atoms with Gasteiger partial charge in [0.25, 0.3) is 0 Å². The van der Waals surface area contributed by atoms with E-state index in [0.29, 0.717) is 16.5 Å². The van der Waals surface area contributed by atoms with Gasteiger partial charge in [0.1, 0.15) is 5.75 Å². The van der Waals surface area contributed by atoms with Crippen molar-refractivity contribution in [1.29, 1.82) is 0 Å². The van der Waals surface area contributed by atoms with Gasteiger partial charge >= 0.3 is 0 Å². The molecular weight excluding hydrogens is 312 g/mol. The van der Waals surface area contributed by atoms with E-state index in [-0.39, 0.29) is 10.6 Å². The highest BCUT2D eigenvalue weighted by Gasteiger charge is 2.19. The minimum Gasteiger partial charge on any atom is -0.455 e. The number of sulfonamides is 1. The number of nitrogens with two attached hydrogens (primary N) is 1. The summed E-state index contributed by atoms with van der Waals surface area (Å²) in [7, 11) is -0.622. The smallest absolute Gasteiger partial charge is 0.242 e. The van der Waals surface area contributed by atoms with Crippen LogP contribution in [0.3, 0.4) is 0 Å².